The van der Waals surface area contributed by atoms with E-state index in [1.165, 1.54) is 19.3 Å². The van der Waals surface area contributed by atoms with Crippen LogP contribution in [0.4, 0.5) is 0 Å². The van der Waals surface area contributed by atoms with E-state index in [9.17, 15) is 4.79 Å². The molecule has 144 valence electrons. The summed E-state index contributed by atoms with van der Waals surface area (Å²) >= 11 is 0. The second-order valence-electron chi connectivity index (χ2n) is 6.87. The van der Waals surface area contributed by atoms with Crippen LogP contribution in [0.25, 0.3) is 0 Å². The van der Waals surface area contributed by atoms with E-state index >= 15 is 0 Å². The summed E-state index contributed by atoms with van der Waals surface area (Å²) in [6.45, 7) is 0.738. The lowest BCUT2D eigenvalue weighted by molar-refractivity contribution is -0.130. The molecule has 0 aromatic heterocycles. The molecule has 6 nitrogen and oxygen atoms in total. The number of hydrogen-bond donors (Lipinski definition) is 2. The zero-order valence-electron chi connectivity index (χ0n) is 15.3. The van der Waals surface area contributed by atoms with Crippen molar-refractivity contribution in [3.8, 4) is 5.75 Å². The van der Waals surface area contributed by atoms with Gasteiger partial charge in [-0.25, -0.2) is 4.99 Å². The van der Waals surface area contributed by atoms with E-state index in [4.69, 9.17) is 10.5 Å². The maximum Gasteiger partial charge on any atom is 0.244 e. The number of nitrogens with zero attached hydrogens (tertiary/aromatic N) is 2. The van der Waals surface area contributed by atoms with Gasteiger partial charge in [0.15, 0.2) is 5.96 Å². The Morgan fingerprint density at radius 1 is 1.27 bits per heavy atom. The normalized spacial score (nSPS) is 20.3. The molecule has 26 heavy (non-hydrogen) atoms. The van der Waals surface area contributed by atoms with Gasteiger partial charge in [0.2, 0.25) is 5.91 Å². The van der Waals surface area contributed by atoms with E-state index in [1.54, 1.807) is 0 Å². The minimum absolute atomic E-state index is 0. The number of guanidine groups is 1. The van der Waals surface area contributed by atoms with Crippen molar-refractivity contribution in [3.63, 3.8) is 0 Å². The Kier molecular flexibility index (Phi) is 7.99. The molecule has 1 fully saturated rings. The molecule has 2 aliphatic rings. The summed E-state index contributed by atoms with van der Waals surface area (Å²) in [6, 6.07) is 8.35. The van der Waals surface area contributed by atoms with E-state index < -0.39 is 0 Å². The highest BCUT2D eigenvalue weighted by molar-refractivity contribution is 14.0. The number of para-hydroxylation sites is 1. The summed E-state index contributed by atoms with van der Waals surface area (Å²) in [4.78, 5) is 18.5. The van der Waals surface area contributed by atoms with Crippen molar-refractivity contribution >= 4 is 35.8 Å². The third-order valence-corrected chi connectivity index (χ3v) is 5.18. The molecule has 0 radical (unpaired) electrons. The number of halogens is 1. The third-order valence-electron chi connectivity index (χ3n) is 5.18. The van der Waals surface area contributed by atoms with Gasteiger partial charge in [0.25, 0.3) is 0 Å². The minimum Gasteiger partial charge on any atom is -0.493 e. The average molecular weight is 472 g/mol. The number of nitrogens with one attached hydrogen (secondary N) is 1. The number of carbonyl (C=O) groups excluding carboxylic acids is 1. The summed E-state index contributed by atoms with van der Waals surface area (Å²) in [5.41, 5.74) is 7.10. The first-order chi connectivity index (χ1) is 12.1. The largest absolute Gasteiger partial charge is 0.493 e. The van der Waals surface area contributed by atoms with Crippen LogP contribution in [-0.4, -0.2) is 43.0 Å². The van der Waals surface area contributed by atoms with Crippen LogP contribution in [0.2, 0.25) is 0 Å². The summed E-state index contributed by atoms with van der Waals surface area (Å²) in [5, 5.41) is 3.23. The topological polar surface area (TPSA) is 80.0 Å². The Labute approximate surface area is 172 Å². The van der Waals surface area contributed by atoms with Crippen molar-refractivity contribution < 1.29 is 9.53 Å². The van der Waals surface area contributed by atoms with Crippen molar-refractivity contribution in [2.24, 2.45) is 10.7 Å². The van der Waals surface area contributed by atoms with Gasteiger partial charge in [-0.2, -0.15) is 0 Å². The molecule has 3 N–H and O–H groups in total. The molecule has 0 bridgehead atoms. The van der Waals surface area contributed by atoms with E-state index in [2.05, 4.69) is 10.3 Å². The van der Waals surface area contributed by atoms with E-state index in [1.807, 2.05) is 36.2 Å². The number of benzene rings is 1. The fourth-order valence-corrected chi connectivity index (χ4v) is 3.65. The van der Waals surface area contributed by atoms with Crippen molar-refractivity contribution in [1.29, 1.82) is 0 Å². The van der Waals surface area contributed by atoms with Gasteiger partial charge >= 0.3 is 0 Å². The highest BCUT2D eigenvalue weighted by atomic mass is 127. The second kappa shape index (κ2) is 9.99. The van der Waals surface area contributed by atoms with Gasteiger partial charge < -0.3 is 20.7 Å². The summed E-state index contributed by atoms with van der Waals surface area (Å²) < 4.78 is 5.65. The number of amides is 1. The van der Waals surface area contributed by atoms with Gasteiger partial charge in [-0.1, -0.05) is 37.5 Å². The predicted molar refractivity (Wildman–Crippen MR) is 114 cm³/mol. The fraction of sp³-hybridized carbons (Fsp3) is 0.579. The van der Waals surface area contributed by atoms with E-state index in [0.717, 1.165) is 30.6 Å². The Balaban J connectivity index is 0.00000243. The number of fused-ring (bicyclic) bond motifs is 1. The van der Waals surface area contributed by atoms with E-state index in [0.29, 0.717) is 18.6 Å². The number of ether oxygens (including phenoxy) is 1. The predicted octanol–water partition coefficient (Wildman–Crippen LogP) is 2.82. The number of aliphatic imine (C=N–C) groups is 1. The molecular weight excluding hydrogens is 443 g/mol. The molecule has 1 aliphatic carbocycles. The van der Waals surface area contributed by atoms with Crippen molar-refractivity contribution in [1.82, 2.24) is 10.2 Å². The first kappa shape index (κ1) is 20.8. The van der Waals surface area contributed by atoms with Crippen LogP contribution in [-0.2, 0) is 4.79 Å². The molecular formula is C19H29IN4O2. The molecule has 1 heterocycles. The van der Waals surface area contributed by atoms with Gasteiger partial charge in [-0.15, -0.1) is 24.0 Å². The zero-order valence-corrected chi connectivity index (χ0v) is 17.6. The molecule has 1 aromatic carbocycles. The lowest BCUT2D eigenvalue weighted by atomic mass is 9.94. The maximum absolute atomic E-state index is 12.4. The van der Waals surface area contributed by atoms with Crippen LogP contribution in [0.3, 0.4) is 0 Å². The zero-order chi connectivity index (χ0) is 17.6. The first-order valence-electron chi connectivity index (χ1n) is 9.19. The molecule has 1 atom stereocenters. The molecule has 1 unspecified atom stereocenters. The summed E-state index contributed by atoms with van der Waals surface area (Å²) in [7, 11) is 1.88. The second-order valence-corrected chi connectivity index (χ2v) is 6.87. The van der Waals surface area contributed by atoms with Crippen molar-refractivity contribution in [2.45, 2.75) is 50.6 Å². The van der Waals surface area contributed by atoms with Gasteiger partial charge in [0.1, 0.15) is 12.3 Å². The molecule has 0 saturated heterocycles. The average Bonchev–Trinajstić information content (AvgIpc) is 2.66. The number of nitrogens with two attached hydrogens (primary N) is 1. The standard InChI is InChI=1S/C19H28N4O2.HI/c1-23(14-7-3-2-4-8-14)18(24)13-21-19(20)22-16-11-12-25-17-10-6-5-9-15(16)17;/h5-6,9-10,14,16H,2-4,7-8,11-13H2,1H3,(H3,20,21,22);1H. The number of rotatable bonds is 4. The number of carbonyl (C=O) groups is 1. The van der Waals surface area contributed by atoms with Crippen LogP contribution >= 0.6 is 24.0 Å². The Hall–Kier alpha value is -1.51. The quantitative estimate of drug-likeness (QED) is 0.401. The van der Waals surface area contributed by atoms with Gasteiger partial charge in [0.05, 0.1) is 12.6 Å². The van der Waals surface area contributed by atoms with Gasteiger partial charge in [-0.3, -0.25) is 4.79 Å². The molecule has 0 spiro atoms. The summed E-state index contributed by atoms with van der Waals surface area (Å²) in [6.07, 6.45) is 6.71. The minimum atomic E-state index is 0. The SMILES string of the molecule is CN(C(=O)CN=C(N)NC1CCOc2ccccc21)C1CCCCC1.I. The van der Waals surface area contributed by atoms with Crippen LogP contribution in [0.1, 0.15) is 50.1 Å². The maximum atomic E-state index is 12.4. The molecule has 1 saturated carbocycles. The lowest BCUT2D eigenvalue weighted by Gasteiger charge is -2.31. The fourth-order valence-electron chi connectivity index (χ4n) is 3.65. The van der Waals surface area contributed by atoms with Crippen molar-refractivity contribution in [3.05, 3.63) is 29.8 Å². The molecule has 1 aliphatic heterocycles. The summed E-state index contributed by atoms with van der Waals surface area (Å²) in [5.74, 6) is 1.23. The lowest BCUT2D eigenvalue weighted by Crippen LogP contribution is -2.41. The van der Waals surface area contributed by atoms with Crippen LogP contribution < -0.4 is 15.8 Å². The Morgan fingerprint density at radius 2 is 2.00 bits per heavy atom. The first-order valence-corrected chi connectivity index (χ1v) is 9.19. The highest BCUT2D eigenvalue weighted by Gasteiger charge is 2.23. The molecule has 1 aromatic rings. The van der Waals surface area contributed by atoms with Gasteiger partial charge in [-0.05, 0) is 18.9 Å². The molecule has 7 heteroatoms. The van der Waals surface area contributed by atoms with Crippen LogP contribution in [0.15, 0.2) is 29.3 Å². The number of hydrogen-bond acceptors (Lipinski definition) is 3. The molecule has 1 amide bonds. The van der Waals surface area contributed by atoms with E-state index in [-0.39, 0.29) is 42.5 Å². The smallest absolute Gasteiger partial charge is 0.244 e. The highest BCUT2D eigenvalue weighted by Crippen LogP contribution is 2.31. The third kappa shape index (κ3) is 5.25. The monoisotopic (exact) mass is 472 g/mol. The Morgan fingerprint density at radius 3 is 2.77 bits per heavy atom. The van der Waals surface area contributed by atoms with Crippen LogP contribution in [0, 0.1) is 0 Å². The Bertz CT molecular complexity index is 632. The number of likely N-dealkylation sites (N-methyl/N-ethyl adjacent to an activating group) is 1. The van der Waals surface area contributed by atoms with Crippen molar-refractivity contribution in [2.75, 3.05) is 20.2 Å². The van der Waals surface area contributed by atoms with Gasteiger partial charge in [0, 0.05) is 25.1 Å². The molecule has 3 rings (SSSR count). The van der Waals surface area contributed by atoms with Crippen LogP contribution in [0.5, 0.6) is 5.75 Å².